The average Bonchev–Trinajstić information content (AvgIpc) is 2.76. The Labute approximate surface area is 141 Å². The van der Waals surface area contributed by atoms with Crippen LogP contribution in [0.2, 0.25) is 0 Å². The zero-order chi connectivity index (χ0) is 13.8. The summed E-state index contributed by atoms with van der Waals surface area (Å²) < 4.78 is 1.76. The molecule has 2 nitrogen and oxygen atoms in total. The molecule has 0 radical (unpaired) electrons. The van der Waals surface area contributed by atoms with E-state index in [9.17, 15) is 4.79 Å². The lowest BCUT2D eigenvalue weighted by Crippen LogP contribution is -2.29. The monoisotopic (exact) mass is 465 g/mol. The van der Waals surface area contributed by atoms with Crippen LogP contribution in [0.3, 0.4) is 0 Å². The van der Waals surface area contributed by atoms with Crippen molar-refractivity contribution in [1.82, 2.24) is 5.32 Å². The Hall–Kier alpha value is -0.170. The number of nitrogens with one attached hydrogen (secondary N) is 1. The van der Waals surface area contributed by atoms with Gasteiger partial charge in [-0.25, -0.2) is 0 Å². The Morgan fingerprint density at radius 3 is 2.47 bits per heavy atom. The molecule has 1 unspecified atom stereocenters. The standard InChI is InChI=1S/C13H10Br3NOS/c14-7-10(8-4-2-1-3-5-8)17-13(18)9-6-11(15)19-12(9)16/h1-6,10H,7H2,(H,17,18). The first kappa shape index (κ1) is 15.2. The molecule has 1 amide bonds. The van der Waals surface area contributed by atoms with E-state index in [0.29, 0.717) is 10.9 Å². The first-order valence-electron chi connectivity index (χ1n) is 5.48. The van der Waals surface area contributed by atoms with Crippen LogP contribution in [0, 0.1) is 0 Å². The third-order valence-electron chi connectivity index (χ3n) is 2.56. The van der Waals surface area contributed by atoms with Gasteiger partial charge in [0, 0.05) is 5.33 Å². The molecule has 0 saturated carbocycles. The lowest BCUT2D eigenvalue weighted by Gasteiger charge is -2.16. The minimum Gasteiger partial charge on any atom is -0.344 e. The van der Waals surface area contributed by atoms with Crippen molar-refractivity contribution in [3.05, 3.63) is 55.1 Å². The summed E-state index contributed by atoms with van der Waals surface area (Å²) in [5, 5.41) is 3.70. The van der Waals surface area contributed by atoms with Crippen molar-refractivity contribution in [2.75, 3.05) is 5.33 Å². The molecule has 0 aliphatic carbocycles. The van der Waals surface area contributed by atoms with E-state index in [4.69, 9.17) is 0 Å². The van der Waals surface area contributed by atoms with Gasteiger partial charge in [-0.1, -0.05) is 46.3 Å². The Balaban J connectivity index is 2.15. The van der Waals surface area contributed by atoms with Gasteiger partial charge in [-0.3, -0.25) is 4.79 Å². The quantitative estimate of drug-likeness (QED) is 0.620. The molecule has 0 spiro atoms. The molecule has 1 atom stereocenters. The van der Waals surface area contributed by atoms with Gasteiger partial charge in [-0.2, -0.15) is 0 Å². The van der Waals surface area contributed by atoms with Gasteiger partial charge in [0.15, 0.2) is 0 Å². The SMILES string of the molecule is O=C(NC(CBr)c1ccccc1)c1cc(Br)sc1Br. The molecular weight excluding hydrogens is 458 g/mol. The van der Waals surface area contributed by atoms with E-state index in [2.05, 4.69) is 53.1 Å². The summed E-state index contributed by atoms with van der Waals surface area (Å²) in [7, 11) is 0. The zero-order valence-electron chi connectivity index (χ0n) is 9.70. The summed E-state index contributed by atoms with van der Waals surface area (Å²) in [5.74, 6) is -0.0814. The fourth-order valence-corrected chi connectivity index (χ4v) is 4.96. The fraction of sp³-hybridized carbons (Fsp3) is 0.154. The van der Waals surface area contributed by atoms with Crippen LogP contribution in [0.4, 0.5) is 0 Å². The van der Waals surface area contributed by atoms with Crippen LogP contribution < -0.4 is 5.32 Å². The first-order valence-corrected chi connectivity index (χ1v) is 9.01. The van der Waals surface area contributed by atoms with Crippen LogP contribution in [-0.2, 0) is 0 Å². The maximum atomic E-state index is 12.2. The molecule has 6 heteroatoms. The van der Waals surface area contributed by atoms with Crippen LogP contribution in [0.5, 0.6) is 0 Å². The molecule has 19 heavy (non-hydrogen) atoms. The van der Waals surface area contributed by atoms with Crippen molar-refractivity contribution in [2.45, 2.75) is 6.04 Å². The van der Waals surface area contributed by atoms with Crippen molar-refractivity contribution >= 4 is 65.0 Å². The van der Waals surface area contributed by atoms with Crippen LogP contribution in [-0.4, -0.2) is 11.2 Å². The lowest BCUT2D eigenvalue weighted by molar-refractivity contribution is 0.0940. The number of carbonyl (C=O) groups excluding carboxylic acids is 1. The summed E-state index contributed by atoms with van der Waals surface area (Å²) in [6.45, 7) is 0. The molecular formula is C13H10Br3NOS. The third kappa shape index (κ3) is 3.90. The number of benzene rings is 1. The van der Waals surface area contributed by atoms with Crippen molar-refractivity contribution < 1.29 is 4.79 Å². The minimum atomic E-state index is -0.0814. The number of carbonyl (C=O) groups is 1. The van der Waals surface area contributed by atoms with Crippen LogP contribution >= 0.6 is 59.1 Å². The first-order chi connectivity index (χ1) is 9.11. The Kier molecular flexibility index (Phi) is 5.62. The van der Waals surface area contributed by atoms with E-state index in [1.54, 1.807) is 0 Å². The molecule has 0 fully saturated rings. The smallest absolute Gasteiger partial charge is 0.253 e. The van der Waals surface area contributed by atoms with Crippen LogP contribution in [0.15, 0.2) is 44.0 Å². The second kappa shape index (κ2) is 7.02. The highest BCUT2D eigenvalue weighted by molar-refractivity contribution is 9.12. The summed E-state index contributed by atoms with van der Waals surface area (Å²) in [4.78, 5) is 12.2. The average molecular weight is 468 g/mol. The third-order valence-corrected chi connectivity index (χ3v) is 5.55. The van der Waals surface area contributed by atoms with E-state index in [1.807, 2.05) is 36.4 Å². The minimum absolute atomic E-state index is 0.0423. The largest absolute Gasteiger partial charge is 0.344 e. The Morgan fingerprint density at radius 2 is 1.95 bits per heavy atom. The molecule has 1 N–H and O–H groups in total. The highest BCUT2D eigenvalue weighted by Gasteiger charge is 2.18. The second-order valence-electron chi connectivity index (χ2n) is 3.83. The number of halogens is 3. The number of hydrogen-bond donors (Lipinski definition) is 1. The van der Waals surface area contributed by atoms with Gasteiger partial charge in [-0.15, -0.1) is 11.3 Å². The number of thiophene rings is 1. The predicted molar refractivity (Wildman–Crippen MR) is 90.2 cm³/mol. The van der Waals surface area contributed by atoms with Gasteiger partial charge in [0.2, 0.25) is 0 Å². The normalized spacial score (nSPS) is 12.2. The second-order valence-corrected chi connectivity index (χ2v) is 8.23. The molecule has 0 aliphatic rings. The molecule has 0 aliphatic heterocycles. The summed E-state index contributed by atoms with van der Waals surface area (Å²) >= 11 is 11.7. The van der Waals surface area contributed by atoms with Crippen molar-refractivity contribution in [1.29, 1.82) is 0 Å². The number of amides is 1. The molecule has 0 bridgehead atoms. The van der Waals surface area contributed by atoms with E-state index in [1.165, 1.54) is 11.3 Å². The van der Waals surface area contributed by atoms with Crippen molar-refractivity contribution in [2.24, 2.45) is 0 Å². The molecule has 1 aromatic heterocycles. The maximum absolute atomic E-state index is 12.2. The van der Waals surface area contributed by atoms with Crippen LogP contribution in [0.25, 0.3) is 0 Å². The summed E-state index contributed by atoms with van der Waals surface area (Å²) in [5.41, 5.74) is 1.73. The van der Waals surface area contributed by atoms with E-state index in [-0.39, 0.29) is 11.9 Å². The Bertz CT molecular complexity index is 571. The zero-order valence-corrected chi connectivity index (χ0v) is 15.3. The van der Waals surface area contributed by atoms with Crippen molar-refractivity contribution in [3.63, 3.8) is 0 Å². The van der Waals surface area contributed by atoms with Crippen LogP contribution in [0.1, 0.15) is 22.0 Å². The molecule has 100 valence electrons. The summed E-state index contributed by atoms with van der Waals surface area (Å²) in [6.07, 6.45) is 0. The highest BCUT2D eigenvalue weighted by atomic mass is 79.9. The molecule has 2 rings (SSSR count). The topological polar surface area (TPSA) is 29.1 Å². The number of rotatable bonds is 4. The molecule has 1 aromatic carbocycles. The number of hydrogen-bond acceptors (Lipinski definition) is 2. The van der Waals surface area contributed by atoms with Gasteiger partial charge >= 0.3 is 0 Å². The molecule has 2 aromatic rings. The van der Waals surface area contributed by atoms with Gasteiger partial charge in [-0.05, 0) is 43.5 Å². The van der Waals surface area contributed by atoms with Gasteiger partial charge in [0.25, 0.3) is 5.91 Å². The fourth-order valence-electron chi connectivity index (χ4n) is 1.63. The lowest BCUT2D eigenvalue weighted by atomic mass is 10.1. The maximum Gasteiger partial charge on any atom is 0.253 e. The number of alkyl halides is 1. The Morgan fingerprint density at radius 1 is 1.26 bits per heavy atom. The summed E-state index contributed by atoms with van der Waals surface area (Å²) in [6, 6.07) is 11.7. The van der Waals surface area contributed by atoms with E-state index < -0.39 is 0 Å². The van der Waals surface area contributed by atoms with E-state index in [0.717, 1.165) is 13.1 Å². The van der Waals surface area contributed by atoms with E-state index >= 15 is 0 Å². The molecule has 0 saturated heterocycles. The highest BCUT2D eigenvalue weighted by Crippen LogP contribution is 2.32. The van der Waals surface area contributed by atoms with Gasteiger partial charge in [0.1, 0.15) is 0 Å². The van der Waals surface area contributed by atoms with Gasteiger partial charge < -0.3 is 5.32 Å². The van der Waals surface area contributed by atoms with Crippen molar-refractivity contribution in [3.8, 4) is 0 Å². The predicted octanol–water partition coefficient (Wildman–Crippen LogP) is 5.14. The van der Waals surface area contributed by atoms with Gasteiger partial charge in [0.05, 0.1) is 19.2 Å². The molecule has 1 heterocycles.